The molecule has 1 heterocycles. The second-order valence-corrected chi connectivity index (χ2v) is 3.93. The van der Waals surface area contributed by atoms with Crippen molar-refractivity contribution in [2.45, 2.75) is 13.0 Å². The molecule has 2 aromatic rings. The summed E-state index contributed by atoms with van der Waals surface area (Å²) in [6, 6.07) is 9.65. The number of nitrogens with zero attached hydrogens (tertiary/aromatic N) is 1. The van der Waals surface area contributed by atoms with Crippen LogP contribution in [0.2, 0.25) is 0 Å². The summed E-state index contributed by atoms with van der Waals surface area (Å²) in [6.07, 6.45) is 2.77. The maximum absolute atomic E-state index is 12.0. The zero-order valence-corrected chi connectivity index (χ0v) is 9.28. The summed E-state index contributed by atoms with van der Waals surface area (Å²) in [7, 11) is 0. The molecule has 0 N–H and O–H groups in total. The number of rotatable bonds is 3. The molecule has 0 saturated heterocycles. The van der Waals surface area contributed by atoms with Crippen molar-refractivity contribution in [1.82, 2.24) is 4.57 Å². The third kappa shape index (κ3) is 2.07. The van der Waals surface area contributed by atoms with Gasteiger partial charge in [-0.2, -0.15) is 12.6 Å². The lowest BCUT2D eigenvalue weighted by Gasteiger charge is -2.05. The van der Waals surface area contributed by atoms with Gasteiger partial charge in [-0.3, -0.25) is 4.79 Å². The minimum atomic E-state index is 0.0925. The van der Waals surface area contributed by atoms with Crippen LogP contribution in [0.4, 0.5) is 0 Å². The van der Waals surface area contributed by atoms with Crippen molar-refractivity contribution in [1.29, 1.82) is 0 Å². The molecule has 0 fully saturated rings. The van der Waals surface area contributed by atoms with E-state index in [0.717, 1.165) is 29.5 Å². The van der Waals surface area contributed by atoms with E-state index in [4.69, 9.17) is 0 Å². The van der Waals surface area contributed by atoms with E-state index in [-0.39, 0.29) is 5.56 Å². The molecular weight excluding hydrogens is 206 g/mol. The molecule has 0 aliphatic heterocycles. The van der Waals surface area contributed by atoms with Gasteiger partial charge >= 0.3 is 0 Å². The van der Waals surface area contributed by atoms with Crippen molar-refractivity contribution < 1.29 is 0 Å². The highest BCUT2D eigenvalue weighted by atomic mass is 32.1. The number of aromatic nitrogens is 1. The lowest BCUT2D eigenvalue weighted by molar-refractivity contribution is 0.664. The van der Waals surface area contributed by atoms with Crippen LogP contribution in [-0.2, 0) is 6.54 Å². The van der Waals surface area contributed by atoms with Gasteiger partial charge in [-0.1, -0.05) is 18.2 Å². The molecule has 2 rings (SSSR count). The summed E-state index contributed by atoms with van der Waals surface area (Å²) in [5.74, 6) is 0.805. The van der Waals surface area contributed by atoms with Crippen LogP contribution in [-0.4, -0.2) is 10.3 Å². The Balaban J connectivity index is 2.51. The Labute approximate surface area is 94.0 Å². The molecule has 0 unspecified atom stereocenters. The van der Waals surface area contributed by atoms with Crippen molar-refractivity contribution in [3.8, 4) is 0 Å². The maximum atomic E-state index is 12.0. The van der Waals surface area contributed by atoms with E-state index in [0.29, 0.717) is 0 Å². The van der Waals surface area contributed by atoms with E-state index in [1.54, 1.807) is 4.57 Å². The molecule has 1 aromatic carbocycles. The molecule has 0 aliphatic rings. The molecule has 3 heteroatoms. The third-order valence-electron chi connectivity index (χ3n) is 2.44. The second-order valence-electron chi connectivity index (χ2n) is 3.48. The first kappa shape index (κ1) is 10.3. The highest BCUT2D eigenvalue weighted by Crippen LogP contribution is 2.08. The molecule has 0 spiro atoms. The van der Waals surface area contributed by atoms with Crippen LogP contribution in [0, 0.1) is 0 Å². The molecule has 0 saturated carbocycles. The van der Waals surface area contributed by atoms with Crippen LogP contribution in [0.3, 0.4) is 0 Å². The van der Waals surface area contributed by atoms with Gasteiger partial charge in [0, 0.05) is 18.1 Å². The van der Waals surface area contributed by atoms with Crippen LogP contribution < -0.4 is 5.56 Å². The van der Waals surface area contributed by atoms with Gasteiger partial charge in [-0.15, -0.1) is 0 Å². The molecule has 0 bridgehead atoms. The number of benzene rings is 1. The highest BCUT2D eigenvalue weighted by molar-refractivity contribution is 7.80. The minimum Gasteiger partial charge on any atom is -0.315 e. The monoisotopic (exact) mass is 219 g/mol. The molecule has 1 aromatic heterocycles. The summed E-state index contributed by atoms with van der Waals surface area (Å²) < 4.78 is 1.75. The van der Waals surface area contributed by atoms with Crippen molar-refractivity contribution in [3.05, 3.63) is 46.9 Å². The van der Waals surface area contributed by atoms with Crippen LogP contribution in [0.1, 0.15) is 6.42 Å². The second kappa shape index (κ2) is 4.53. The molecule has 0 aliphatic carbocycles. The SMILES string of the molecule is O=c1c2ccccc2ccn1CCCS. The number of hydrogen-bond acceptors (Lipinski definition) is 2. The number of thiol groups is 1. The Bertz CT molecular complexity index is 518. The number of aryl methyl sites for hydroxylation is 1. The fraction of sp³-hybridized carbons (Fsp3) is 0.250. The largest absolute Gasteiger partial charge is 0.315 e. The Morgan fingerprint density at radius 3 is 2.80 bits per heavy atom. The Morgan fingerprint density at radius 2 is 2.00 bits per heavy atom. The van der Waals surface area contributed by atoms with E-state index in [1.165, 1.54) is 0 Å². The summed E-state index contributed by atoms with van der Waals surface area (Å²) in [5, 5.41) is 1.80. The summed E-state index contributed by atoms with van der Waals surface area (Å²) in [6.45, 7) is 0.743. The van der Waals surface area contributed by atoms with Crippen molar-refractivity contribution in [3.63, 3.8) is 0 Å². The fourth-order valence-electron chi connectivity index (χ4n) is 1.65. The van der Waals surface area contributed by atoms with Crippen molar-refractivity contribution >= 4 is 23.4 Å². The lowest BCUT2D eigenvalue weighted by Crippen LogP contribution is -2.19. The molecule has 0 amide bonds. The predicted octanol–water partition coefficient (Wildman–Crippen LogP) is 2.32. The van der Waals surface area contributed by atoms with Crippen LogP contribution >= 0.6 is 12.6 Å². The smallest absolute Gasteiger partial charge is 0.258 e. The summed E-state index contributed by atoms with van der Waals surface area (Å²) in [5.41, 5.74) is 0.0925. The zero-order chi connectivity index (χ0) is 10.7. The first-order valence-electron chi connectivity index (χ1n) is 5.02. The molecule has 2 nitrogen and oxygen atoms in total. The van der Waals surface area contributed by atoms with Gasteiger partial charge in [-0.05, 0) is 29.7 Å². The standard InChI is InChI=1S/C12H13NOS/c14-12-11-5-2-1-4-10(11)6-8-13(12)7-3-9-15/h1-2,4-6,8,15H,3,7,9H2. The van der Waals surface area contributed by atoms with Gasteiger partial charge in [0.2, 0.25) is 0 Å². The topological polar surface area (TPSA) is 22.0 Å². The van der Waals surface area contributed by atoms with Crippen molar-refractivity contribution in [2.24, 2.45) is 0 Å². The van der Waals surface area contributed by atoms with Crippen molar-refractivity contribution in [2.75, 3.05) is 5.75 Å². The molecule has 78 valence electrons. The average molecular weight is 219 g/mol. The van der Waals surface area contributed by atoms with E-state index < -0.39 is 0 Å². The molecular formula is C12H13NOS. The fourth-order valence-corrected chi connectivity index (χ4v) is 1.79. The summed E-state index contributed by atoms with van der Waals surface area (Å²) >= 11 is 4.14. The van der Waals surface area contributed by atoms with Crippen LogP contribution in [0.5, 0.6) is 0 Å². The van der Waals surface area contributed by atoms with Crippen LogP contribution in [0.25, 0.3) is 10.8 Å². The Hall–Kier alpha value is -1.22. The number of pyridine rings is 1. The van der Waals surface area contributed by atoms with Gasteiger partial charge in [-0.25, -0.2) is 0 Å². The maximum Gasteiger partial charge on any atom is 0.258 e. The van der Waals surface area contributed by atoms with Gasteiger partial charge < -0.3 is 4.57 Å². The van der Waals surface area contributed by atoms with E-state index in [9.17, 15) is 4.79 Å². The highest BCUT2D eigenvalue weighted by Gasteiger charge is 2.00. The predicted molar refractivity (Wildman–Crippen MR) is 66.7 cm³/mol. The normalized spacial score (nSPS) is 10.7. The Morgan fingerprint density at radius 1 is 1.20 bits per heavy atom. The lowest BCUT2D eigenvalue weighted by atomic mass is 10.2. The molecule has 0 radical (unpaired) electrons. The third-order valence-corrected chi connectivity index (χ3v) is 2.76. The first-order valence-corrected chi connectivity index (χ1v) is 5.65. The van der Waals surface area contributed by atoms with E-state index >= 15 is 0 Å². The minimum absolute atomic E-state index is 0.0925. The van der Waals surface area contributed by atoms with Gasteiger partial charge in [0.15, 0.2) is 0 Å². The van der Waals surface area contributed by atoms with Gasteiger partial charge in [0.05, 0.1) is 0 Å². The van der Waals surface area contributed by atoms with Gasteiger partial charge in [0.1, 0.15) is 0 Å². The first-order chi connectivity index (χ1) is 7.33. The van der Waals surface area contributed by atoms with Crippen LogP contribution in [0.15, 0.2) is 41.3 Å². The summed E-state index contributed by atoms with van der Waals surface area (Å²) in [4.78, 5) is 12.0. The van der Waals surface area contributed by atoms with E-state index in [1.807, 2.05) is 36.5 Å². The zero-order valence-electron chi connectivity index (χ0n) is 8.39. The quantitative estimate of drug-likeness (QED) is 0.786. The van der Waals surface area contributed by atoms with Gasteiger partial charge in [0.25, 0.3) is 5.56 Å². The van der Waals surface area contributed by atoms with E-state index in [2.05, 4.69) is 12.6 Å². The Kier molecular flexibility index (Phi) is 3.11. The average Bonchev–Trinajstić information content (AvgIpc) is 2.29. The number of hydrogen-bond donors (Lipinski definition) is 1. The molecule has 0 atom stereocenters. The number of fused-ring (bicyclic) bond motifs is 1. The molecule has 15 heavy (non-hydrogen) atoms.